The van der Waals surface area contributed by atoms with E-state index in [0.29, 0.717) is 18.7 Å². The third-order valence-corrected chi connectivity index (χ3v) is 6.31. The van der Waals surface area contributed by atoms with Crippen molar-refractivity contribution in [2.24, 2.45) is 0 Å². The first kappa shape index (κ1) is 18.4. The van der Waals surface area contributed by atoms with Gasteiger partial charge in [-0.3, -0.25) is 4.79 Å². The number of sulfonamides is 1. The van der Waals surface area contributed by atoms with E-state index in [0.717, 1.165) is 12.0 Å². The zero-order chi connectivity index (χ0) is 18.7. The number of nitrogens with zero attached hydrogens (tertiary/aromatic N) is 2. The summed E-state index contributed by atoms with van der Waals surface area (Å²) in [4.78, 5) is 14.1. The summed E-state index contributed by atoms with van der Waals surface area (Å²) in [6.07, 6.45) is 0.979. The van der Waals surface area contributed by atoms with Crippen LogP contribution in [0, 0.1) is 0 Å². The van der Waals surface area contributed by atoms with Gasteiger partial charge in [-0.25, -0.2) is 8.42 Å². The number of benzene rings is 2. The highest BCUT2D eigenvalue weighted by Crippen LogP contribution is 2.29. The van der Waals surface area contributed by atoms with Crippen LogP contribution in [0.3, 0.4) is 0 Å². The van der Waals surface area contributed by atoms with Crippen LogP contribution in [-0.2, 0) is 16.6 Å². The van der Waals surface area contributed by atoms with Gasteiger partial charge in [-0.15, -0.1) is 0 Å². The molecule has 3 rings (SSSR count). The van der Waals surface area contributed by atoms with Crippen LogP contribution in [0.4, 0.5) is 0 Å². The molecule has 0 saturated carbocycles. The summed E-state index contributed by atoms with van der Waals surface area (Å²) >= 11 is 0. The van der Waals surface area contributed by atoms with Crippen LogP contribution < -0.4 is 4.74 Å². The third-order valence-electron chi connectivity index (χ3n) is 4.49. The molecule has 0 bridgehead atoms. The Hall–Kier alpha value is -2.38. The van der Waals surface area contributed by atoms with Gasteiger partial charge < -0.3 is 9.64 Å². The van der Waals surface area contributed by atoms with Crippen molar-refractivity contribution in [3.05, 3.63) is 59.7 Å². The summed E-state index contributed by atoms with van der Waals surface area (Å²) in [5.41, 5.74) is 1.24. The molecule has 1 saturated heterocycles. The average molecular weight is 374 g/mol. The largest absolute Gasteiger partial charge is 0.495 e. The minimum absolute atomic E-state index is 0.00445. The lowest BCUT2D eigenvalue weighted by Crippen LogP contribution is -2.42. The molecule has 0 atom stereocenters. The molecule has 7 heteroatoms. The van der Waals surface area contributed by atoms with Gasteiger partial charge in [0, 0.05) is 32.2 Å². The van der Waals surface area contributed by atoms with E-state index in [4.69, 9.17) is 4.74 Å². The quantitative estimate of drug-likeness (QED) is 0.779. The molecule has 1 aliphatic rings. The lowest BCUT2D eigenvalue weighted by molar-refractivity contribution is 0.0651. The number of ether oxygens (including phenoxy) is 1. The summed E-state index contributed by atoms with van der Waals surface area (Å²) in [5, 5.41) is 0. The topological polar surface area (TPSA) is 66.9 Å². The second-order valence-corrected chi connectivity index (χ2v) is 8.27. The molecule has 0 spiro atoms. The predicted molar refractivity (Wildman–Crippen MR) is 98.6 cm³/mol. The zero-order valence-electron chi connectivity index (χ0n) is 14.9. The Morgan fingerprint density at radius 3 is 2.42 bits per heavy atom. The third kappa shape index (κ3) is 3.59. The fourth-order valence-electron chi connectivity index (χ4n) is 2.81. The molecule has 1 amide bonds. The van der Waals surface area contributed by atoms with Crippen LogP contribution in [0.15, 0.2) is 53.4 Å². The molecule has 0 unspecified atom stereocenters. The molecule has 138 valence electrons. The fraction of sp³-hybridized carbons (Fsp3) is 0.316. The van der Waals surface area contributed by atoms with Crippen molar-refractivity contribution in [1.29, 1.82) is 0 Å². The van der Waals surface area contributed by atoms with Crippen molar-refractivity contribution < 1.29 is 17.9 Å². The summed E-state index contributed by atoms with van der Waals surface area (Å²) in [5.74, 6) is 0.0751. The van der Waals surface area contributed by atoms with E-state index in [9.17, 15) is 13.2 Å². The van der Waals surface area contributed by atoms with Gasteiger partial charge in [-0.05, 0) is 30.2 Å². The Bertz CT molecular complexity index is 893. The number of methoxy groups -OCH3 is 1. The maximum Gasteiger partial charge on any atom is 0.253 e. The van der Waals surface area contributed by atoms with Crippen molar-refractivity contribution in [2.45, 2.75) is 17.9 Å². The summed E-state index contributed by atoms with van der Waals surface area (Å²) in [6, 6.07) is 13.9. The molecule has 1 aliphatic heterocycles. The van der Waals surface area contributed by atoms with Crippen LogP contribution in [-0.4, -0.2) is 50.8 Å². The van der Waals surface area contributed by atoms with E-state index >= 15 is 0 Å². The van der Waals surface area contributed by atoms with Crippen molar-refractivity contribution in [3.8, 4) is 5.75 Å². The van der Waals surface area contributed by atoms with Gasteiger partial charge in [-0.2, -0.15) is 4.31 Å². The predicted octanol–water partition coefficient (Wildman–Crippen LogP) is 2.36. The molecular formula is C19H22N2O4S. The van der Waals surface area contributed by atoms with Crippen LogP contribution in [0.2, 0.25) is 0 Å². The summed E-state index contributed by atoms with van der Waals surface area (Å²) in [6.45, 7) is 1.65. The maximum atomic E-state index is 13.1. The first-order valence-corrected chi connectivity index (χ1v) is 9.85. The number of carbonyl (C=O) groups is 1. The number of rotatable bonds is 6. The van der Waals surface area contributed by atoms with E-state index in [1.165, 1.54) is 30.6 Å². The van der Waals surface area contributed by atoms with Crippen molar-refractivity contribution in [2.75, 3.05) is 27.2 Å². The van der Waals surface area contributed by atoms with Crippen LogP contribution >= 0.6 is 0 Å². The molecule has 0 aliphatic carbocycles. The maximum absolute atomic E-state index is 13.1. The van der Waals surface area contributed by atoms with E-state index in [1.54, 1.807) is 11.0 Å². The standard InChI is InChI=1S/C19H22N2O4S/c1-20(14-15-7-4-3-5-8-15)26(23,24)18-13-16(9-10-17(18)25-2)19(22)21-11-6-12-21/h3-5,7-10,13H,6,11-12,14H2,1-2H3. The number of hydrogen-bond acceptors (Lipinski definition) is 4. The Morgan fingerprint density at radius 1 is 1.15 bits per heavy atom. The monoisotopic (exact) mass is 374 g/mol. The highest BCUT2D eigenvalue weighted by atomic mass is 32.2. The Labute approximate surface area is 154 Å². The second kappa shape index (κ2) is 7.47. The van der Waals surface area contributed by atoms with Gasteiger partial charge in [0.2, 0.25) is 10.0 Å². The summed E-state index contributed by atoms with van der Waals surface area (Å²) in [7, 11) is -0.874. The Kier molecular flexibility index (Phi) is 5.29. The number of likely N-dealkylation sites (tertiary alicyclic amines) is 1. The first-order valence-electron chi connectivity index (χ1n) is 8.41. The van der Waals surface area contributed by atoms with Gasteiger partial charge in [0.25, 0.3) is 5.91 Å². The number of carbonyl (C=O) groups excluding carboxylic acids is 1. The molecule has 2 aromatic rings. The van der Waals surface area contributed by atoms with Crippen molar-refractivity contribution >= 4 is 15.9 Å². The minimum atomic E-state index is -3.81. The van der Waals surface area contributed by atoms with Crippen LogP contribution in [0.1, 0.15) is 22.3 Å². The second-order valence-electron chi connectivity index (χ2n) is 6.26. The molecular weight excluding hydrogens is 352 g/mol. The van der Waals surface area contributed by atoms with Gasteiger partial charge in [0.15, 0.2) is 0 Å². The molecule has 6 nitrogen and oxygen atoms in total. The fourth-order valence-corrected chi connectivity index (χ4v) is 4.14. The molecule has 1 heterocycles. The Balaban J connectivity index is 1.93. The summed E-state index contributed by atoms with van der Waals surface area (Å²) < 4.78 is 32.6. The molecule has 0 radical (unpaired) electrons. The van der Waals surface area contributed by atoms with Gasteiger partial charge >= 0.3 is 0 Å². The van der Waals surface area contributed by atoms with Crippen molar-refractivity contribution in [3.63, 3.8) is 0 Å². The van der Waals surface area contributed by atoms with E-state index in [-0.39, 0.29) is 23.1 Å². The average Bonchev–Trinajstić information content (AvgIpc) is 2.60. The lowest BCUT2D eigenvalue weighted by atomic mass is 10.1. The van der Waals surface area contributed by atoms with E-state index in [1.807, 2.05) is 30.3 Å². The number of amides is 1. The zero-order valence-corrected chi connectivity index (χ0v) is 15.7. The smallest absolute Gasteiger partial charge is 0.253 e. The lowest BCUT2D eigenvalue weighted by Gasteiger charge is -2.31. The molecule has 0 N–H and O–H groups in total. The van der Waals surface area contributed by atoms with Crippen LogP contribution in [0.25, 0.3) is 0 Å². The van der Waals surface area contributed by atoms with Gasteiger partial charge in [-0.1, -0.05) is 30.3 Å². The molecule has 26 heavy (non-hydrogen) atoms. The highest BCUT2D eigenvalue weighted by Gasteiger charge is 2.28. The normalized spacial score (nSPS) is 14.2. The number of hydrogen-bond donors (Lipinski definition) is 0. The van der Waals surface area contributed by atoms with Crippen molar-refractivity contribution in [1.82, 2.24) is 9.21 Å². The SMILES string of the molecule is COc1ccc(C(=O)N2CCC2)cc1S(=O)(=O)N(C)Cc1ccccc1. The minimum Gasteiger partial charge on any atom is -0.495 e. The molecule has 2 aromatic carbocycles. The van der Waals surface area contributed by atoms with Gasteiger partial charge in [0.05, 0.1) is 7.11 Å². The molecule has 0 aromatic heterocycles. The highest BCUT2D eigenvalue weighted by molar-refractivity contribution is 7.89. The van der Waals surface area contributed by atoms with E-state index in [2.05, 4.69) is 0 Å². The Morgan fingerprint density at radius 2 is 1.85 bits per heavy atom. The van der Waals surface area contributed by atoms with Gasteiger partial charge in [0.1, 0.15) is 10.6 Å². The van der Waals surface area contributed by atoms with E-state index < -0.39 is 10.0 Å². The van der Waals surface area contributed by atoms with Crippen LogP contribution in [0.5, 0.6) is 5.75 Å². The molecule has 1 fully saturated rings. The first-order chi connectivity index (χ1) is 12.4.